The Labute approximate surface area is 175 Å². The fraction of sp³-hybridized carbons (Fsp3) is 0.650. The molecule has 1 aromatic carbocycles. The molecule has 0 unspecified atom stereocenters. The number of aryl methyl sites for hydroxylation is 1. The summed E-state index contributed by atoms with van der Waals surface area (Å²) >= 11 is 0. The highest BCUT2D eigenvalue weighted by molar-refractivity contribution is 14.0. The first-order chi connectivity index (χ1) is 12.3. The molecule has 2 N–H and O–H groups in total. The van der Waals surface area contributed by atoms with E-state index < -0.39 is 0 Å². The number of guanidine groups is 1. The van der Waals surface area contributed by atoms with E-state index in [0.29, 0.717) is 0 Å². The van der Waals surface area contributed by atoms with Crippen molar-refractivity contribution in [1.29, 1.82) is 0 Å². The predicted molar refractivity (Wildman–Crippen MR) is 119 cm³/mol. The number of rotatable bonds is 12. The van der Waals surface area contributed by atoms with Crippen LogP contribution in [-0.4, -0.2) is 45.9 Å². The second-order valence-corrected chi connectivity index (χ2v) is 6.51. The van der Waals surface area contributed by atoms with Crippen molar-refractivity contribution in [3.05, 3.63) is 29.8 Å². The van der Waals surface area contributed by atoms with Crippen molar-refractivity contribution in [2.75, 3.05) is 40.0 Å². The Kier molecular flexibility index (Phi) is 12.5. The zero-order chi connectivity index (χ0) is 17.7. The van der Waals surface area contributed by atoms with E-state index in [0.717, 1.165) is 69.7 Å². The molecule has 1 fully saturated rings. The Balaban J connectivity index is 0.00000338. The van der Waals surface area contributed by atoms with E-state index in [1.807, 2.05) is 12.1 Å². The second kappa shape index (κ2) is 14.1. The quantitative estimate of drug-likeness (QED) is 0.210. The summed E-state index contributed by atoms with van der Waals surface area (Å²) in [7, 11) is 1.69. The first-order valence-electron chi connectivity index (χ1n) is 9.54. The van der Waals surface area contributed by atoms with E-state index in [4.69, 9.17) is 9.47 Å². The largest absolute Gasteiger partial charge is 0.497 e. The normalized spacial score (nSPS) is 13.8. The molecule has 1 aliphatic rings. The van der Waals surface area contributed by atoms with E-state index in [9.17, 15) is 0 Å². The monoisotopic (exact) mass is 475 g/mol. The zero-order valence-electron chi connectivity index (χ0n) is 16.1. The minimum absolute atomic E-state index is 0. The van der Waals surface area contributed by atoms with Gasteiger partial charge in [0.05, 0.1) is 7.11 Å². The molecule has 0 bridgehead atoms. The smallest absolute Gasteiger partial charge is 0.191 e. The van der Waals surface area contributed by atoms with E-state index in [2.05, 4.69) is 34.7 Å². The molecule has 0 radical (unpaired) electrons. The number of nitrogens with one attached hydrogen (secondary N) is 2. The summed E-state index contributed by atoms with van der Waals surface area (Å²) in [4.78, 5) is 4.65. The van der Waals surface area contributed by atoms with Crippen LogP contribution in [0, 0.1) is 5.92 Å². The summed E-state index contributed by atoms with van der Waals surface area (Å²) in [5.41, 5.74) is 1.32. The number of hydrogen-bond acceptors (Lipinski definition) is 3. The van der Waals surface area contributed by atoms with Crippen LogP contribution in [0.4, 0.5) is 0 Å². The van der Waals surface area contributed by atoms with Crippen LogP contribution in [0.15, 0.2) is 29.3 Å². The highest BCUT2D eigenvalue weighted by Gasteiger charge is 2.20. The average molecular weight is 475 g/mol. The Morgan fingerprint density at radius 1 is 1.15 bits per heavy atom. The first-order valence-corrected chi connectivity index (χ1v) is 9.54. The molecule has 5 nitrogen and oxygen atoms in total. The Morgan fingerprint density at radius 3 is 2.58 bits per heavy atom. The predicted octanol–water partition coefficient (Wildman–Crippen LogP) is 3.62. The number of hydrogen-bond donors (Lipinski definition) is 2. The van der Waals surface area contributed by atoms with Gasteiger partial charge in [-0.2, -0.15) is 0 Å². The number of nitrogens with zero attached hydrogens (tertiary/aromatic N) is 1. The Bertz CT molecular complexity index is 504. The first kappa shape index (κ1) is 23.0. The molecular weight excluding hydrogens is 441 g/mol. The molecule has 0 saturated heterocycles. The van der Waals surface area contributed by atoms with Crippen LogP contribution in [0.2, 0.25) is 0 Å². The lowest BCUT2D eigenvalue weighted by Crippen LogP contribution is -2.38. The highest BCUT2D eigenvalue weighted by atomic mass is 127. The maximum Gasteiger partial charge on any atom is 0.191 e. The van der Waals surface area contributed by atoms with Gasteiger partial charge in [0.15, 0.2) is 5.96 Å². The van der Waals surface area contributed by atoms with Crippen LogP contribution in [0.3, 0.4) is 0 Å². The molecule has 6 heteroatoms. The van der Waals surface area contributed by atoms with E-state index in [1.54, 1.807) is 7.11 Å². The van der Waals surface area contributed by atoms with Crippen LogP contribution in [0.5, 0.6) is 5.75 Å². The van der Waals surface area contributed by atoms with Crippen molar-refractivity contribution in [3.63, 3.8) is 0 Å². The Morgan fingerprint density at radius 2 is 1.92 bits per heavy atom. The van der Waals surface area contributed by atoms with Crippen molar-refractivity contribution in [2.24, 2.45) is 10.9 Å². The minimum atomic E-state index is 0. The number of methoxy groups -OCH3 is 1. The van der Waals surface area contributed by atoms with Gasteiger partial charge >= 0.3 is 0 Å². The third-order valence-corrected chi connectivity index (χ3v) is 4.21. The third-order valence-electron chi connectivity index (χ3n) is 4.21. The van der Waals surface area contributed by atoms with Gasteiger partial charge in [-0.25, -0.2) is 0 Å². The molecular formula is C20H34IN3O2. The SMILES string of the molecule is CCNC(=NCCCc1ccc(OC)cc1)NCCCOCC1CC1.I. The summed E-state index contributed by atoms with van der Waals surface area (Å²) in [6.07, 6.45) is 5.79. The standard InChI is InChI=1S/C20H33N3O2.HI/c1-3-21-20(23-14-5-15-25-16-18-7-8-18)22-13-4-6-17-9-11-19(24-2)12-10-17;/h9-12,18H,3-8,13-16H2,1-2H3,(H2,21,22,23);1H. The van der Waals surface area contributed by atoms with Crippen LogP contribution in [-0.2, 0) is 11.2 Å². The number of aliphatic imine (C=N–C) groups is 1. The van der Waals surface area contributed by atoms with Crippen LogP contribution in [0.25, 0.3) is 0 Å². The van der Waals surface area contributed by atoms with Crippen LogP contribution in [0.1, 0.15) is 38.2 Å². The van der Waals surface area contributed by atoms with E-state index in [-0.39, 0.29) is 24.0 Å². The minimum Gasteiger partial charge on any atom is -0.497 e. The van der Waals surface area contributed by atoms with Crippen molar-refractivity contribution in [1.82, 2.24) is 10.6 Å². The second-order valence-electron chi connectivity index (χ2n) is 6.51. The lowest BCUT2D eigenvalue weighted by molar-refractivity contribution is 0.123. The molecule has 0 spiro atoms. The molecule has 0 amide bonds. The fourth-order valence-electron chi connectivity index (χ4n) is 2.52. The van der Waals surface area contributed by atoms with Gasteiger partial charge in [-0.05, 0) is 62.6 Å². The van der Waals surface area contributed by atoms with Gasteiger partial charge in [0.2, 0.25) is 0 Å². The van der Waals surface area contributed by atoms with Gasteiger partial charge in [0.1, 0.15) is 5.75 Å². The average Bonchev–Trinajstić information content (AvgIpc) is 3.46. The van der Waals surface area contributed by atoms with Gasteiger partial charge in [0.25, 0.3) is 0 Å². The van der Waals surface area contributed by atoms with Gasteiger partial charge in [-0.15, -0.1) is 24.0 Å². The van der Waals surface area contributed by atoms with Gasteiger partial charge in [-0.3, -0.25) is 4.99 Å². The molecule has 1 aliphatic carbocycles. The molecule has 1 aromatic rings. The molecule has 148 valence electrons. The molecule has 26 heavy (non-hydrogen) atoms. The number of halogens is 1. The van der Waals surface area contributed by atoms with Gasteiger partial charge < -0.3 is 20.1 Å². The maximum atomic E-state index is 5.65. The summed E-state index contributed by atoms with van der Waals surface area (Å²) in [6.45, 7) is 6.46. The highest BCUT2D eigenvalue weighted by Crippen LogP contribution is 2.28. The fourth-order valence-corrected chi connectivity index (χ4v) is 2.52. The lowest BCUT2D eigenvalue weighted by atomic mass is 10.1. The maximum absolute atomic E-state index is 5.65. The number of benzene rings is 1. The molecule has 0 heterocycles. The summed E-state index contributed by atoms with van der Waals surface area (Å²) in [6, 6.07) is 8.26. The summed E-state index contributed by atoms with van der Waals surface area (Å²) < 4.78 is 10.8. The summed E-state index contributed by atoms with van der Waals surface area (Å²) in [5, 5.41) is 6.68. The van der Waals surface area contributed by atoms with E-state index in [1.165, 1.54) is 18.4 Å². The van der Waals surface area contributed by atoms with Crippen molar-refractivity contribution < 1.29 is 9.47 Å². The molecule has 1 saturated carbocycles. The molecule has 2 rings (SSSR count). The van der Waals surface area contributed by atoms with Crippen LogP contribution >= 0.6 is 24.0 Å². The lowest BCUT2D eigenvalue weighted by Gasteiger charge is -2.11. The van der Waals surface area contributed by atoms with Gasteiger partial charge in [-0.1, -0.05) is 12.1 Å². The van der Waals surface area contributed by atoms with Crippen LogP contribution < -0.4 is 15.4 Å². The van der Waals surface area contributed by atoms with Crippen molar-refractivity contribution in [2.45, 2.75) is 39.0 Å². The molecule has 0 aromatic heterocycles. The molecule has 0 aliphatic heterocycles. The number of ether oxygens (including phenoxy) is 2. The summed E-state index contributed by atoms with van der Waals surface area (Å²) in [5.74, 6) is 2.65. The third kappa shape index (κ3) is 10.2. The molecule has 0 atom stereocenters. The Hall–Kier alpha value is -1.02. The topological polar surface area (TPSA) is 54.9 Å². The van der Waals surface area contributed by atoms with E-state index >= 15 is 0 Å². The zero-order valence-corrected chi connectivity index (χ0v) is 18.5. The van der Waals surface area contributed by atoms with Crippen molar-refractivity contribution >= 4 is 29.9 Å². The van der Waals surface area contributed by atoms with Crippen molar-refractivity contribution in [3.8, 4) is 5.75 Å². The van der Waals surface area contributed by atoms with Gasteiger partial charge in [0, 0.05) is 32.8 Å².